The number of aliphatic hydroxyl groups excluding tert-OH is 1. The second-order valence-electron chi connectivity index (χ2n) is 5.27. The minimum Gasteiger partial charge on any atom is -0.383 e. The average molecular weight is 358 g/mol. The smallest absolute Gasteiger partial charge is 0.249 e. The van der Waals surface area contributed by atoms with Crippen molar-refractivity contribution in [2.45, 2.75) is 38.8 Å². The van der Waals surface area contributed by atoms with Gasteiger partial charge in [0.15, 0.2) is 0 Å². The number of carbonyl (C=O) groups excluding carboxylic acids is 2. The fourth-order valence-corrected chi connectivity index (χ4v) is 2.25. The number of nitrogens with zero attached hydrogens (tertiary/aromatic N) is 1. The van der Waals surface area contributed by atoms with Gasteiger partial charge < -0.3 is 16.2 Å². The summed E-state index contributed by atoms with van der Waals surface area (Å²) in [5, 5.41) is 12.2. The lowest BCUT2D eigenvalue weighted by atomic mass is 10.0. The molecule has 0 aliphatic carbocycles. The van der Waals surface area contributed by atoms with E-state index in [0.717, 1.165) is 5.56 Å². The van der Waals surface area contributed by atoms with Crippen LogP contribution in [0.25, 0.3) is 0 Å². The van der Waals surface area contributed by atoms with Crippen molar-refractivity contribution in [3.8, 4) is 0 Å². The number of hydrogen-bond acceptors (Lipinski definition) is 4. The van der Waals surface area contributed by atoms with Crippen molar-refractivity contribution in [2.75, 3.05) is 0 Å². The van der Waals surface area contributed by atoms with Gasteiger partial charge in [0.25, 0.3) is 0 Å². The third-order valence-electron chi connectivity index (χ3n) is 2.92. The van der Waals surface area contributed by atoms with Crippen LogP contribution in [0.2, 0.25) is 0 Å². The van der Waals surface area contributed by atoms with E-state index in [0.29, 0.717) is 11.0 Å². The minimum atomic E-state index is -1.15. The van der Waals surface area contributed by atoms with Crippen LogP contribution in [0, 0.1) is 5.92 Å². The van der Waals surface area contributed by atoms with Crippen molar-refractivity contribution in [1.82, 2.24) is 10.3 Å². The molecule has 1 aromatic rings. The van der Waals surface area contributed by atoms with E-state index in [1.54, 1.807) is 18.3 Å². The van der Waals surface area contributed by atoms with Crippen LogP contribution in [0.5, 0.6) is 0 Å². The number of hydrogen-bond donors (Lipinski definition) is 3. The highest BCUT2D eigenvalue weighted by atomic mass is 79.9. The van der Waals surface area contributed by atoms with Crippen molar-refractivity contribution in [2.24, 2.45) is 11.7 Å². The second-order valence-corrected chi connectivity index (χ2v) is 6.02. The number of rotatable bonds is 7. The molecular formula is C14H20BrN3O3. The molecule has 116 valence electrons. The molecule has 2 amide bonds. The first-order valence-electron chi connectivity index (χ1n) is 6.68. The van der Waals surface area contributed by atoms with Gasteiger partial charge in [-0.15, -0.1) is 0 Å². The topological polar surface area (TPSA) is 105 Å². The first-order chi connectivity index (χ1) is 9.81. The molecule has 0 unspecified atom stereocenters. The number of pyridine rings is 1. The number of nitrogens with two attached hydrogens (primary N) is 1. The number of halogens is 1. The summed E-state index contributed by atoms with van der Waals surface area (Å²) in [4.78, 5) is 27.4. The second kappa shape index (κ2) is 8.09. The van der Waals surface area contributed by atoms with Gasteiger partial charge in [-0.3, -0.25) is 9.59 Å². The van der Waals surface area contributed by atoms with E-state index >= 15 is 0 Å². The molecular weight excluding hydrogens is 338 g/mol. The third kappa shape index (κ3) is 5.81. The number of aromatic nitrogens is 1. The van der Waals surface area contributed by atoms with Crippen LogP contribution in [0.3, 0.4) is 0 Å². The van der Waals surface area contributed by atoms with E-state index in [1.165, 1.54) is 0 Å². The Morgan fingerprint density at radius 2 is 2.14 bits per heavy atom. The van der Waals surface area contributed by atoms with Crippen molar-refractivity contribution in [1.29, 1.82) is 0 Å². The maximum atomic E-state index is 11.9. The molecule has 2 atom stereocenters. The van der Waals surface area contributed by atoms with Gasteiger partial charge in [-0.05, 0) is 39.9 Å². The molecule has 6 nitrogen and oxygen atoms in total. The molecule has 1 heterocycles. The van der Waals surface area contributed by atoms with Crippen molar-refractivity contribution >= 4 is 27.7 Å². The number of nitrogens with one attached hydrogen (secondary N) is 1. The summed E-state index contributed by atoms with van der Waals surface area (Å²) in [6.07, 6.45) is 1.000. The molecule has 0 aliphatic rings. The highest BCUT2D eigenvalue weighted by Crippen LogP contribution is 2.15. The summed E-state index contributed by atoms with van der Waals surface area (Å²) in [5.41, 5.74) is 6.06. The zero-order chi connectivity index (χ0) is 16.0. The molecule has 7 heteroatoms. The highest BCUT2D eigenvalue weighted by Gasteiger charge is 2.24. The fourth-order valence-electron chi connectivity index (χ4n) is 1.84. The first-order valence-corrected chi connectivity index (χ1v) is 7.47. The largest absolute Gasteiger partial charge is 0.383 e. The zero-order valence-electron chi connectivity index (χ0n) is 12.0. The Kier molecular flexibility index (Phi) is 6.77. The van der Waals surface area contributed by atoms with Crippen molar-refractivity contribution < 1.29 is 14.7 Å². The molecule has 0 saturated heterocycles. The van der Waals surface area contributed by atoms with Gasteiger partial charge in [0.1, 0.15) is 16.7 Å². The Labute approximate surface area is 132 Å². The highest BCUT2D eigenvalue weighted by molar-refractivity contribution is 9.10. The SMILES string of the molecule is CC(C)C[C@H](O)C(=O)N[C@@H](Cc1cccnc1Br)C(N)=O. The molecule has 1 rings (SSSR count). The maximum Gasteiger partial charge on any atom is 0.249 e. The number of amides is 2. The molecule has 1 aromatic heterocycles. The van der Waals surface area contributed by atoms with E-state index in [4.69, 9.17) is 5.73 Å². The minimum absolute atomic E-state index is 0.172. The Balaban J connectivity index is 2.73. The van der Waals surface area contributed by atoms with Crippen LogP contribution < -0.4 is 11.1 Å². The molecule has 4 N–H and O–H groups in total. The van der Waals surface area contributed by atoms with Crippen molar-refractivity contribution in [3.05, 3.63) is 28.5 Å². The molecule has 0 aromatic carbocycles. The number of primary amides is 1. The van der Waals surface area contributed by atoms with E-state index in [2.05, 4.69) is 26.2 Å². The summed E-state index contributed by atoms with van der Waals surface area (Å²) in [5.74, 6) is -1.08. The molecule has 0 aliphatic heterocycles. The normalized spacial score (nSPS) is 13.8. The zero-order valence-corrected chi connectivity index (χ0v) is 13.6. The van der Waals surface area contributed by atoms with Crippen LogP contribution in [-0.4, -0.2) is 34.1 Å². The number of aliphatic hydroxyl groups is 1. The van der Waals surface area contributed by atoms with E-state index < -0.39 is 24.0 Å². The van der Waals surface area contributed by atoms with Gasteiger partial charge in [-0.2, -0.15) is 0 Å². The molecule has 0 radical (unpaired) electrons. The van der Waals surface area contributed by atoms with Gasteiger partial charge in [0.2, 0.25) is 11.8 Å². The summed E-state index contributed by atoms with van der Waals surface area (Å²) in [6.45, 7) is 3.80. The quantitative estimate of drug-likeness (QED) is 0.626. The summed E-state index contributed by atoms with van der Waals surface area (Å²) in [6, 6.07) is 2.62. The van der Waals surface area contributed by atoms with Gasteiger partial charge in [-0.25, -0.2) is 4.98 Å². The van der Waals surface area contributed by atoms with E-state index in [1.807, 2.05) is 13.8 Å². The van der Waals surface area contributed by atoms with Crippen LogP contribution in [-0.2, 0) is 16.0 Å². The fraction of sp³-hybridized carbons (Fsp3) is 0.500. The number of carbonyl (C=O) groups is 2. The molecule has 0 fully saturated rings. The standard InChI is InChI=1S/C14H20BrN3O3/c1-8(2)6-11(19)14(21)18-10(13(16)20)7-9-4-3-5-17-12(9)15/h3-5,8,10-11,19H,6-7H2,1-2H3,(H2,16,20)(H,18,21)/t10-,11-/m0/s1. The van der Waals surface area contributed by atoms with Gasteiger partial charge >= 0.3 is 0 Å². The van der Waals surface area contributed by atoms with Crippen LogP contribution in [0.1, 0.15) is 25.8 Å². The lowest BCUT2D eigenvalue weighted by Crippen LogP contribution is -2.49. The third-order valence-corrected chi connectivity index (χ3v) is 3.63. The van der Waals surface area contributed by atoms with Gasteiger partial charge in [-0.1, -0.05) is 19.9 Å². The van der Waals surface area contributed by atoms with Crippen molar-refractivity contribution in [3.63, 3.8) is 0 Å². The summed E-state index contributed by atoms with van der Waals surface area (Å²) in [7, 11) is 0. The summed E-state index contributed by atoms with van der Waals surface area (Å²) < 4.78 is 0.591. The molecule has 21 heavy (non-hydrogen) atoms. The monoisotopic (exact) mass is 357 g/mol. The predicted molar refractivity (Wildman–Crippen MR) is 82.2 cm³/mol. The Morgan fingerprint density at radius 3 is 2.67 bits per heavy atom. The Bertz CT molecular complexity index is 508. The summed E-state index contributed by atoms with van der Waals surface area (Å²) >= 11 is 3.28. The first kappa shape index (κ1) is 17.6. The molecule has 0 spiro atoms. The van der Waals surface area contributed by atoms with Crippen LogP contribution >= 0.6 is 15.9 Å². The van der Waals surface area contributed by atoms with Gasteiger partial charge in [0.05, 0.1) is 0 Å². The molecule has 0 bridgehead atoms. The maximum absolute atomic E-state index is 11.9. The van der Waals surface area contributed by atoms with Crippen LogP contribution in [0.15, 0.2) is 22.9 Å². The Hall–Kier alpha value is -1.47. The molecule has 0 saturated carbocycles. The van der Waals surface area contributed by atoms with E-state index in [9.17, 15) is 14.7 Å². The van der Waals surface area contributed by atoms with Gasteiger partial charge in [0, 0.05) is 12.6 Å². The Morgan fingerprint density at radius 1 is 1.48 bits per heavy atom. The van der Waals surface area contributed by atoms with Crippen LogP contribution in [0.4, 0.5) is 0 Å². The van der Waals surface area contributed by atoms with E-state index in [-0.39, 0.29) is 12.3 Å². The lowest BCUT2D eigenvalue weighted by Gasteiger charge is -2.19. The predicted octanol–water partition coefficient (Wildman–Crippen LogP) is 0.764. The average Bonchev–Trinajstić information content (AvgIpc) is 2.39. The lowest BCUT2D eigenvalue weighted by molar-refractivity contribution is -0.133.